The standard InChI is InChI=1S/C15H21NOS/c17-15-7-3-5-11(15)8-16-14-10-18-9-12-4-1-2-6-13(12)14/h1-2,4,6,11,14-17H,3,5,7-10H2. The fourth-order valence-electron chi connectivity index (χ4n) is 3.10. The highest BCUT2D eigenvalue weighted by molar-refractivity contribution is 7.98. The van der Waals surface area contributed by atoms with Gasteiger partial charge in [0.15, 0.2) is 0 Å². The summed E-state index contributed by atoms with van der Waals surface area (Å²) in [6.07, 6.45) is 3.27. The molecular formula is C15H21NOS. The summed E-state index contributed by atoms with van der Waals surface area (Å²) in [6.45, 7) is 0.959. The fourth-order valence-corrected chi connectivity index (χ4v) is 4.23. The summed E-state index contributed by atoms with van der Waals surface area (Å²) < 4.78 is 0. The van der Waals surface area contributed by atoms with Crippen molar-refractivity contribution in [2.24, 2.45) is 5.92 Å². The van der Waals surface area contributed by atoms with Crippen molar-refractivity contribution >= 4 is 11.8 Å². The first kappa shape index (κ1) is 12.5. The van der Waals surface area contributed by atoms with Crippen molar-refractivity contribution < 1.29 is 5.11 Å². The van der Waals surface area contributed by atoms with Crippen LogP contribution in [0.3, 0.4) is 0 Å². The average Bonchev–Trinajstić information content (AvgIpc) is 2.82. The molecule has 3 atom stereocenters. The maximum Gasteiger partial charge on any atom is 0.0580 e. The van der Waals surface area contributed by atoms with E-state index < -0.39 is 0 Å². The first-order chi connectivity index (χ1) is 8.84. The maximum absolute atomic E-state index is 9.87. The Hall–Kier alpha value is -0.510. The summed E-state index contributed by atoms with van der Waals surface area (Å²) >= 11 is 2.00. The molecule has 2 nitrogen and oxygen atoms in total. The van der Waals surface area contributed by atoms with Crippen LogP contribution in [0.5, 0.6) is 0 Å². The number of benzene rings is 1. The summed E-state index contributed by atoms with van der Waals surface area (Å²) in [5.41, 5.74) is 2.93. The summed E-state index contributed by atoms with van der Waals surface area (Å²) in [5.74, 6) is 2.75. The molecule has 0 bridgehead atoms. The van der Waals surface area contributed by atoms with E-state index in [4.69, 9.17) is 0 Å². The van der Waals surface area contributed by atoms with Gasteiger partial charge in [0.25, 0.3) is 0 Å². The zero-order valence-corrected chi connectivity index (χ0v) is 11.5. The molecule has 1 aromatic rings. The van der Waals surface area contributed by atoms with E-state index in [0.29, 0.717) is 12.0 Å². The summed E-state index contributed by atoms with van der Waals surface area (Å²) in [7, 11) is 0. The Labute approximate surface area is 113 Å². The lowest BCUT2D eigenvalue weighted by atomic mass is 10.0. The van der Waals surface area contributed by atoms with E-state index in [1.165, 1.54) is 24.0 Å². The summed E-state index contributed by atoms with van der Waals surface area (Å²) in [6, 6.07) is 9.21. The SMILES string of the molecule is OC1CCCC1CNC1CSCc2ccccc21. The molecule has 0 radical (unpaired) electrons. The van der Waals surface area contributed by atoms with Gasteiger partial charge in [-0.15, -0.1) is 0 Å². The number of hydrogen-bond acceptors (Lipinski definition) is 3. The molecule has 3 unspecified atom stereocenters. The van der Waals surface area contributed by atoms with Gasteiger partial charge in [-0.1, -0.05) is 30.7 Å². The van der Waals surface area contributed by atoms with Crippen LogP contribution in [0.1, 0.15) is 36.4 Å². The molecule has 1 saturated carbocycles. The van der Waals surface area contributed by atoms with E-state index in [9.17, 15) is 5.11 Å². The average molecular weight is 263 g/mol. The predicted molar refractivity (Wildman–Crippen MR) is 76.7 cm³/mol. The zero-order chi connectivity index (χ0) is 12.4. The van der Waals surface area contributed by atoms with E-state index in [2.05, 4.69) is 29.6 Å². The molecule has 2 aliphatic rings. The molecule has 1 fully saturated rings. The highest BCUT2D eigenvalue weighted by atomic mass is 32.2. The number of hydrogen-bond donors (Lipinski definition) is 2. The third-order valence-corrected chi connectivity index (χ3v) is 5.30. The lowest BCUT2D eigenvalue weighted by Gasteiger charge is -2.28. The Morgan fingerprint density at radius 2 is 2.17 bits per heavy atom. The largest absolute Gasteiger partial charge is 0.393 e. The lowest BCUT2D eigenvalue weighted by molar-refractivity contribution is 0.130. The van der Waals surface area contributed by atoms with Crippen molar-refractivity contribution in [2.75, 3.05) is 12.3 Å². The second-order valence-corrected chi connectivity index (χ2v) is 6.46. The van der Waals surface area contributed by atoms with Crippen molar-refractivity contribution in [2.45, 2.75) is 37.2 Å². The molecule has 3 heteroatoms. The molecule has 0 amide bonds. The molecule has 2 N–H and O–H groups in total. The van der Waals surface area contributed by atoms with Gasteiger partial charge >= 0.3 is 0 Å². The highest BCUT2D eigenvalue weighted by Crippen LogP contribution is 2.32. The first-order valence-corrected chi connectivity index (χ1v) is 8.07. The van der Waals surface area contributed by atoms with Crippen LogP contribution in [0.15, 0.2) is 24.3 Å². The van der Waals surface area contributed by atoms with Gasteiger partial charge in [0.1, 0.15) is 0 Å². The van der Waals surface area contributed by atoms with Crippen LogP contribution in [0, 0.1) is 5.92 Å². The molecule has 3 rings (SSSR count). The van der Waals surface area contributed by atoms with Gasteiger partial charge in [-0.05, 0) is 29.9 Å². The van der Waals surface area contributed by atoms with Gasteiger partial charge in [-0.3, -0.25) is 0 Å². The monoisotopic (exact) mass is 263 g/mol. The van der Waals surface area contributed by atoms with E-state index in [-0.39, 0.29) is 6.10 Å². The minimum atomic E-state index is -0.0796. The van der Waals surface area contributed by atoms with E-state index in [1.807, 2.05) is 11.8 Å². The lowest BCUT2D eigenvalue weighted by Crippen LogP contribution is -2.33. The van der Waals surface area contributed by atoms with Crippen molar-refractivity contribution in [1.29, 1.82) is 0 Å². The van der Waals surface area contributed by atoms with Crippen molar-refractivity contribution in [3.8, 4) is 0 Å². The fraction of sp³-hybridized carbons (Fsp3) is 0.600. The quantitative estimate of drug-likeness (QED) is 0.879. The molecule has 1 aromatic carbocycles. The Bertz CT molecular complexity index is 409. The van der Waals surface area contributed by atoms with E-state index in [1.54, 1.807) is 0 Å². The molecule has 0 aromatic heterocycles. The number of fused-ring (bicyclic) bond motifs is 1. The van der Waals surface area contributed by atoms with E-state index >= 15 is 0 Å². The van der Waals surface area contributed by atoms with Crippen molar-refractivity contribution in [1.82, 2.24) is 5.32 Å². The molecule has 1 aliphatic carbocycles. The number of nitrogens with one attached hydrogen (secondary N) is 1. The number of aliphatic hydroxyl groups excluding tert-OH is 1. The molecule has 1 aliphatic heterocycles. The third kappa shape index (κ3) is 2.58. The minimum Gasteiger partial charge on any atom is -0.393 e. The number of rotatable bonds is 3. The van der Waals surface area contributed by atoms with Crippen molar-refractivity contribution in [3.63, 3.8) is 0 Å². The van der Waals surface area contributed by atoms with Crippen LogP contribution in [0.2, 0.25) is 0 Å². The van der Waals surface area contributed by atoms with Crippen molar-refractivity contribution in [3.05, 3.63) is 35.4 Å². The van der Waals surface area contributed by atoms with E-state index in [0.717, 1.165) is 24.5 Å². The van der Waals surface area contributed by atoms with Gasteiger partial charge < -0.3 is 10.4 Å². The van der Waals surface area contributed by atoms with Crippen LogP contribution in [-0.2, 0) is 5.75 Å². The topological polar surface area (TPSA) is 32.3 Å². The normalized spacial score (nSPS) is 31.3. The molecular weight excluding hydrogens is 242 g/mol. The van der Waals surface area contributed by atoms with Crippen LogP contribution < -0.4 is 5.32 Å². The second kappa shape index (κ2) is 5.64. The minimum absolute atomic E-state index is 0.0796. The number of aliphatic hydroxyl groups is 1. The van der Waals surface area contributed by atoms with Gasteiger partial charge in [0, 0.05) is 24.1 Å². The van der Waals surface area contributed by atoms with Crippen LogP contribution >= 0.6 is 11.8 Å². The van der Waals surface area contributed by atoms with Gasteiger partial charge in [0.2, 0.25) is 0 Å². The molecule has 18 heavy (non-hydrogen) atoms. The highest BCUT2D eigenvalue weighted by Gasteiger charge is 2.27. The molecule has 98 valence electrons. The Kier molecular flexibility index (Phi) is 3.92. The first-order valence-electron chi connectivity index (χ1n) is 6.91. The molecule has 1 heterocycles. The van der Waals surface area contributed by atoms with Crippen LogP contribution in [0.4, 0.5) is 0 Å². The molecule has 0 saturated heterocycles. The smallest absolute Gasteiger partial charge is 0.0580 e. The van der Waals surface area contributed by atoms with Gasteiger partial charge in [-0.2, -0.15) is 11.8 Å². The zero-order valence-electron chi connectivity index (χ0n) is 10.6. The van der Waals surface area contributed by atoms with Gasteiger partial charge in [0.05, 0.1) is 6.10 Å². The summed E-state index contributed by atoms with van der Waals surface area (Å²) in [5, 5.41) is 13.5. The molecule has 0 spiro atoms. The Morgan fingerprint density at radius 1 is 1.28 bits per heavy atom. The van der Waals surface area contributed by atoms with Crippen LogP contribution in [-0.4, -0.2) is 23.5 Å². The Morgan fingerprint density at radius 3 is 3.00 bits per heavy atom. The summed E-state index contributed by atoms with van der Waals surface area (Å²) in [4.78, 5) is 0. The van der Waals surface area contributed by atoms with Crippen LogP contribution in [0.25, 0.3) is 0 Å². The third-order valence-electron chi connectivity index (χ3n) is 4.22. The maximum atomic E-state index is 9.87. The predicted octanol–water partition coefficient (Wildman–Crippen LogP) is 2.73. The second-order valence-electron chi connectivity index (χ2n) is 5.43. The Balaban J connectivity index is 1.64. The van der Waals surface area contributed by atoms with Gasteiger partial charge in [-0.25, -0.2) is 0 Å². The number of thioether (sulfide) groups is 1.